The molecule has 0 bridgehead atoms. The molecule has 1 aromatic heterocycles. The SMILES string of the molecule is CCNC(c1c(C)ccnc1N)C1CCOCC1. The molecule has 3 N–H and O–H groups in total. The summed E-state index contributed by atoms with van der Waals surface area (Å²) in [6.07, 6.45) is 3.96. The predicted octanol–water partition coefficient (Wildman–Crippen LogP) is 2.05. The van der Waals surface area contributed by atoms with E-state index >= 15 is 0 Å². The van der Waals surface area contributed by atoms with Crippen LogP contribution >= 0.6 is 0 Å². The van der Waals surface area contributed by atoms with Crippen LogP contribution in [0.5, 0.6) is 0 Å². The summed E-state index contributed by atoms with van der Waals surface area (Å²) in [4.78, 5) is 4.24. The van der Waals surface area contributed by atoms with Crippen LogP contribution in [0.15, 0.2) is 12.3 Å². The number of nitrogens with zero attached hydrogens (tertiary/aromatic N) is 1. The van der Waals surface area contributed by atoms with Crippen molar-refractivity contribution < 1.29 is 4.74 Å². The molecule has 4 heteroatoms. The number of nitrogens with one attached hydrogen (secondary N) is 1. The first kappa shape index (κ1) is 13.3. The molecule has 0 spiro atoms. The molecule has 1 aliphatic rings. The third-order valence-electron chi connectivity index (χ3n) is 3.71. The fraction of sp³-hybridized carbons (Fsp3) is 0.643. The number of aromatic nitrogens is 1. The third-order valence-corrected chi connectivity index (χ3v) is 3.71. The van der Waals surface area contributed by atoms with E-state index in [-0.39, 0.29) is 0 Å². The van der Waals surface area contributed by atoms with Gasteiger partial charge in [0.2, 0.25) is 0 Å². The van der Waals surface area contributed by atoms with Gasteiger partial charge in [-0.2, -0.15) is 0 Å². The largest absolute Gasteiger partial charge is 0.383 e. The van der Waals surface area contributed by atoms with E-state index in [1.165, 1.54) is 11.1 Å². The van der Waals surface area contributed by atoms with Gasteiger partial charge >= 0.3 is 0 Å². The van der Waals surface area contributed by atoms with Crippen LogP contribution in [0.25, 0.3) is 0 Å². The van der Waals surface area contributed by atoms with Crippen molar-refractivity contribution in [3.05, 3.63) is 23.4 Å². The summed E-state index contributed by atoms with van der Waals surface area (Å²) >= 11 is 0. The van der Waals surface area contributed by atoms with E-state index in [0.717, 1.165) is 32.6 Å². The average molecular weight is 249 g/mol. The molecule has 1 unspecified atom stereocenters. The van der Waals surface area contributed by atoms with Crippen LogP contribution in [0.4, 0.5) is 5.82 Å². The molecule has 0 amide bonds. The second-order valence-electron chi connectivity index (χ2n) is 4.91. The lowest BCUT2D eigenvalue weighted by Crippen LogP contribution is -2.33. The number of nitrogens with two attached hydrogens (primary N) is 1. The minimum Gasteiger partial charge on any atom is -0.383 e. The average Bonchev–Trinajstić information content (AvgIpc) is 2.38. The Balaban J connectivity index is 2.28. The summed E-state index contributed by atoms with van der Waals surface area (Å²) in [5.74, 6) is 1.25. The van der Waals surface area contributed by atoms with Crippen molar-refractivity contribution in [2.75, 3.05) is 25.5 Å². The molecular formula is C14H23N3O. The van der Waals surface area contributed by atoms with Gasteiger partial charge in [-0.15, -0.1) is 0 Å². The molecular weight excluding hydrogens is 226 g/mol. The lowest BCUT2D eigenvalue weighted by Gasteiger charge is -2.32. The number of hydrogen-bond acceptors (Lipinski definition) is 4. The zero-order chi connectivity index (χ0) is 13.0. The number of aryl methyl sites for hydroxylation is 1. The van der Waals surface area contributed by atoms with Crippen molar-refractivity contribution in [3.63, 3.8) is 0 Å². The maximum absolute atomic E-state index is 6.08. The zero-order valence-corrected chi connectivity index (χ0v) is 11.3. The Morgan fingerprint density at radius 3 is 2.83 bits per heavy atom. The minimum atomic E-state index is 0.299. The minimum absolute atomic E-state index is 0.299. The Morgan fingerprint density at radius 2 is 2.22 bits per heavy atom. The Morgan fingerprint density at radius 1 is 1.50 bits per heavy atom. The van der Waals surface area contributed by atoms with E-state index in [1.54, 1.807) is 6.20 Å². The smallest absolute Gasteiger partial charge is 0.128 e. The van der Waals surface area contributed by atoms with E-state index in [2.05, 4.69) is 24.1 Å². The highest BCUT2D eigenvalue weighted by molar-refractivity contribution is 5.46. The number of nitrogen functional groups attached to an aromatic ring is 1. The van der Waals surface area contributed by atoms with E-state index in [0.29, 0.717) is 17.8 Å². The van der Waals surface area contributed by atoms with Crippen LogP contribution in [0, 0.1) is 12.8 Å². The Labute approximate surface area is 109 Å². The van der Waals surface area contributed by atoms with Crippen LogP contribution in [-0.4, -0.2) is 24.7 Å². The quantitative estimate of drug-likeness (QED) is 0.857. The molecule has 18 heavy (non-hydrogen) atoms. The van der Waals surface area contributed by atoms with Gasteiger partial charge in [0, 0.05) is 31.0 Å². The first-order valence-corrected chi connectivity index (χ1v) is 6.76. The molecule has 1 aliphatic heterocycles. The Kier molecular flexibility index (Phi) is 4.55. The topological polar surface area (TPSA) is 60.2 Å². The number of hydrogen-bond donors (Lipinski definition) is 2. The molecule has 0 aromatic carbocycles. The number of rotatable bonds is 4. The van der Waals surface area contributed by atoms with Crippen molar-refractivity contribution in [3.8, 4) is 0 Å². The maximum atomic E-state index is 6.08. The normalized spacial score (nSPS) is 18.8. The maximum Gasteiger partial charge on any atom is 0.128 e. The molecule has 0 saturated carbocycles. The number of anilines is 1. The molecule has 2 heterocycles. The first-order chi connectivity index (χ1) is 8.74. The molecule has 1 fully saturated rings. The summed E-state index contributed by atoms with van der Waals surface area (Å²) < 4.78 is 5.45. The molecule has 100 valence electrons. The molecule has 0 aliphatic carbocycles. The van der Waals surface area contributed by atoms with Gasteiger partial charge in [-0.1, -0.05) is 6.92 Å². The summed E-state index contributed by atoms with van der Waals surface area (Å²) in [5, 5.41) is 3.57. The number of pyridine rings is 1. The highest BCUT2D eigenvalue weighted by atomic mass is 16.5. The Bertz CT molecular complexity index is 368. The summed E-state index contributed by atoms with van der Waals surface area (Å²) in [7, 11) is 0. The molecule has 2 rings (SSSR count). The Hall–Kier alpha value is -1.13. The first-order valence-electron chi connectivity index (χ1n) is 6.76. The van der Waals surface area contributed by atoms with E-state index in [1.807, 2.05) is 6.07 Å². The second-order valence-corrected chi connectivity index (χ2v) is 4.91. The van der Waals surface area contributed by atoms with Crippen molar-refractivity contribution in [1.29, 1.82) is 0 Å². The lowest BCUT2D eigenvalue weighted by molar-refractivity contribution is 0.0538. The monoisotopic (exact) mass is 249 g/mol. The summed E-state index contributed by atoms with van der Waals surface area (Å²) in [5.41, 5.74) is 8.47. The lowest BCUT2D eigenvalue weighted by atomic mass is 9.85. The van der Waals surface area contributed by atoms with Gasteiger partial charge in [-0.25, -0.2) is 4.98 Å². The molecule has 1 saturated heterocycles. The predicted molar refractivity (Wildman–Crippen MR) is 73.3 cm³/mol. The van der Waals surface area contributed by atoms with Crippen molar-refractivity contribution in [1.82, 2.24) is 10.3 Å². The number of ether oxygens (including phenoxy) is 1. The third kappa shape index (κ3) is 2.82. The van der Waals surface area contributed by atoms with Gasteiger partial charge in [0.15, 0.2) is 0 Å². The fourth-order valence-electron chi connectivity index (χ4n) is 2.77. The van der Waals surface area contributed by atoms with Crippen molar-refractivity contribution >= 4 is 5.82 Å². The highest BCUT2D eigenvalue weighted by Gasteiger charge is 2.27. The van der Waals surface area contributed by atoms with Crippen LogP contribution in [0.1, 0.15) is 36.9 Å². The van der Waals surface area contributed by atoms with Gasteiger partial charge in [0.05, 0.1) is 0 Å². The molecule has 1 aromatic rings. The van der Waals surface area contributed by atoms with Crippen LogP contribution in [0.2, 0.25) is 0 Å². The van der Waals surface area contributed by atoms with Gasteiger partial charge < -0.3 is 15.8 Å². The van der Waals surface area contributed by atoms with Crippen molar-refractivity contribution in [2.45, 2.75) is 32.7 Å². The van der Waals surface area contributed by atoms with E-state index in [9.17, 15) is 0 Å². The molecule has 1 atom stereocenters. The second kappa shape index (κ2) is 6.16. The summed E-state index contributed by atoms with van der Waals surface area (Å²) in [6.45, 7) is 6.89. The van der Waals surface area contributed by atoms with E-state index in [4.69, 9.17) is 10.5 Å². The van der Waals surface area contributed by atoms with Crippen LogP contribution in [-0.2, 0) is 4.74 Å². The fourth-order valence-corrected chi connectivity index (χ4v) is 2.77. The van der Waals surface area contributed by atoms with Gasteiger partial charge in [0.1, 0.15) is 5.82 Å². The molecule has 0 radical (unpaired) electrons. The van der Waals surface area contributed by atoms with Crippen LogP contribution < -0.4 is 11.1 Å². The van der Waals surface area contributed by atoms with Crippen molar-refractivity contribution in [2.24, 2.45) is 5.92 Å². The van der Waals surface area contributed by atoms with Gasteiger partial charge in [-0.05, 0) is 43.9 Å². The summed E-state index contributed by atoms with van der Waals surface area (Å²) in [6, 6.07) is 2.34. The standard InChI is InChI=1S/C14H23N3O/c1-3-16-13(11-5-8-18-9-6-11)12-10(2)4-7-17-14(12)15/h4,7,11,13,16H,3,5-6,8-9H2,1-2H3,(H2,15,17). The molecule has 4 nitrogen and oxygen atoms in total. The highest BCUT2D eigenvalue weighted by Crippen LogP contribution is 2.33. The van der Waals surface area contributed by atoms with Gasteiger partial charge in [0.25, 0.3) is 0 Å². The van der Waals surface area contributed by atoms with Gasteiger partial charge in [-0.3, -0.25) is 0 Å². The van der Waals surface area contributed by atoms with E-state index < -0.39 is 0 Å². The van der Waals surface area contributed by atoms with Crippen LogP contribution in [0.3, 0.4) is 0 Å². The zero-order valence-electron chi connectivity index (χ0n) is 11.3.